The molecule has 0 bridgehead atoms. The molecule has 0 amide bonds. The second-order valence-corrected chi connectivity index (χ2v) is 4.95. The first kappa shape index (κ1) is 9.62. The van der Waals surface area contributed by atoms with Gasteiger partial charge in [-0.2, -0.15) is 5.10 Å². The molecule has 16 heavy (non-hydrogen) atoms. The molecule has 0 aliphatic rings. The number of halogens is 1. The van der Waals surface area contributed by atoms with Gasteiger partial charge in [0.2, 0.25) is 0 Å². The van der Waals surface area contributed by atoms with Gasteiger partial charge in [0.25, 0.3) is 5.56 Å². The number of aromatic amines is 1. The molecule has 0 aliphatic heterocycles. The van der Waals surface area contributed by atoms with Crippen molar-refractivity contribution in [2.24, 2.45) is 0 Å². The highest BCUT2D eigenvalue weighted by molar-refractivity contribution is 7.19. The van der Waals surface area contributed by atoms with E-state index < -0.39 is 0 Å². The van der Waals surface area contributed by atoms with Gasteiger partial charge in [-0.25, -0.2) is 4.40 Å². The number of aromatic nitrogens is 3. The summed E-state index contributed by atoms with van der Waals surface area (Å²) in [6.45, 7) is 0. The van der Waals surface area contributed by atoms with E-state index in [1.807, 2.05) is 6.07 Å². The van der Waals surface area contributed by atoms with Crippen LogP contribution < -0.4 is 5.56 Å². The van der Waals surface area contributed by atoms with Crippen molar-refractivity contribution in [3.05, 3.63) is 45.0 Å². The van der Waals surface area contributed by atoms with Crippen LogP contribution in [0.15, 0.2) is 35.1 Å². The van der Waals surface area contributed by atoms with Crippen molar-refractivity contribution in [2.75, 3.05) is 0 Å². The molecule has 0 aliphatic carbocycles. The fourth-order valence-electron chi connectivity index (χ4n) is 1.56. The van der Waals surface area contributed by atoms with Crippen molar-refractivity contribution < 1.29 is 0 Å². The fourth-order valence-corrected chi connectivity index (χ4v) is 2.58. The normalized spacial score (nSPS) is 11.1. The maximum absolute atomic E-state index is 11.7. The molecule has 1 N–H and O–H groups in total. The zero-order valence-electron chi connectivity index (χ0n) is 7.98. The van der Waals surface area contributed by atoms with E-state index in [0.717, 1.165) is 4.88 Å². The molecule has 6 heteroatoms. The molecule has 0 spiro atoms. The molecule has 0 atom stereocenters. The summed E-state index contributed by atoms with van der Waals surface area (Å²) in [5.41, 5.74) is 0.567. The van der Waals surface area contributed by atoms with Gasteiger partial charge in [0.1, 0.15) is 5.65 Å². The third-order valence-corrected chi connectivity index (χ3v) is 3.46. The van der Waals surface area contributed by atoms with Gasteiger partial charge in [-0.05, 0) is 18.2 Å². The van der Waals surface area contributed by atoms with Gasteiger partial charge in [-0.3, -0.25) is 9.89 Å². The summed E-state index contributed by atoms with van der Waals surface area (Å²) >= 11 is 7.25. The summed E-state index contributed by atoms with van der Waals surface area (Å²) in [7, 11) is 0. The van der Waals surface area contributed by atoms with Gasteiger partial charge in [-0.1, -0.05) is 17.7 Å². The Morgan fingerprint density at radius 2 is 2.19 bits per heavy atom. The standard InChI is InChI=1S/C10H6ClN3OS/c11-7-5-4-6(16-7)10-13-12-8-2-1-3-9(15)14(8)10/h1-5,12H. The Kier molecular flexibility index (Phi) is 2.08. The van der Waals surface area contributed by atoms with Crippen LogP contribution in [0.4, 0.5) is 0 Å². The van der Waals surface area contributed by atoms with E-state index in [9.17, 15) is 4.79 Å². The molecule has 0 saturated heterocycles. The fraction of sp³-hybridized carbons (Fsp3) is 0. The molecule has 3 heterocycles. The van der Waals surface area contributed by atoms with Gasteiger partial charge in [0.05, 0.1) is 9.21 Å². The van der Waals surface area contributed by atoms with Crippen molar-refractivity contribution in [1.29, 1.82) is 0 Å². The Labute approximate surface area is 99.1 Å². The molecule has 4 nitrogen and oxygen atoms in total. The average Bonchev–Trinajstić information content (AvgIpc) is 2.84. The number of pyridine rings is 1. The van der Waals surface area contributed by atoms with Crippen LogP contribution >= 0.6 is 22.9 Å². The molecule has 0 fully saturated rings. The summed E-state index contributed by atoms with van der Waals surface area (Å²) < 4.78 is 2.21. The SMILES string of the molecule is O=c1cccc2[nH]nc(-c3ccc(Cl)s3)n12. The number of nitrogens with zero attached hydrogens (tertiary/aromatic N) is 2. The number of H-pyrrole nitrogens is 1. The highest BCUT2D eigenvalue weighted by Crippen LogP contribution is 2.29. The van der Waals surface area contributed by atoms with E-state index >= 15 is 0 Å². The minimum absolute atomic E-state index is 0.106. The number of hydrogen-bond donors (Lipinski definition) is 1. The lowest BCUT2D eigenvalue weighted by Gasteiger charge is -1.94. The molecule has 0 aromatic carbocycles. The smallest absolute Gasteiger partial charge is 0.258 e. The van der Waals surface area contributed by atoms with Crippen LogP contribution in [0.25, 0.3) is 16.3 Å². The third-order valence-electron chi connectivity index (χ3n) is 2.24. The van der Waals surface area contributed by atoms with Gasteiger partial charge < -0.3 is 0 Å². The lowest BCUT2D eigenvalue weighted by molar-refractivity contribution is 1.10. The quantitative estimate of drug-likeness (QED) is 0.722. The van der Waals surface area contributed by atoms with Crippen molar-refractivity contribution in [1.82, 2.24) is 14.6 Å². The summed E-state index contributed by atoms with van der Waals surface area (Å²) in [6.07, 6.45) is 0. The zero-order chi connectivity index (χ0) is 11.1. The average molecular weight is 252 g/mol. The van der Waals surface area contributed by atoms with E-state index in [1.165, 1.54) is 21.8 Å². The number of nitrogens with one attached hydrogen (secondary N) is 1. The lowest BCUT2D eigenvalue weighted by atomic mass is 10.4. The Balaban J connectivity index is 2.37. The minimum atomic E-state index is -0.106. The number of rotatable bonds is 1. The molecule has 0 saturated carbocycles. The first-order valence-electron chi connectivity index (χ1n) is 4.57. The Morgan fingerprint density at radius 1 is 1.31 bits per heavy atom. The van der Waals surface area contributed by atoms with E-state index in [4.69, 9.17) is 11.6 Å². The highest BCUT2D eigenvalue weighted by atomic mass is 35.5. The summed E-state index contributed by atoms with van der Waals surface area (Å²) in [5.74, 6) is 0.595. The van der Waals surface area contributed by atoms with Gasteiger partial charge >= 0.3 is 0 Å². The first-order chi connectivity index (χ1) is 7.75. The number of fused-ring (bicyclic) bond motifs is 1. The Bertz CT molecular complexity index is 712. The molecule has 0 unspecified atom stereocenters. The Hall–Kier alpha value is -1.59. The van der Waals surface area contributed by atoms with Crippen LogP contribution in [0.5, 0.6) is 0 Å². The van der Waals surface area contributed by atoms with Crippen LogP contribution in [-0.4, -0.2) is 14.6 Å². The third kappa shape index (κ3) is 1.36. The van der Waals surface area contributed by atoms with E-state index in [0.29, 0.717) is 15.8 Å². The number of hydrogen-bond acceptors (Lipinski definition) is 3. The molecule has 3 rings (SSSR count). The van der Waals surface area contributed by atoms with Crippen molar-refractivity contribution >= 4 is 28.6 Å². The predicted octanol–water partition coefficient (Wildman–Crippen LogP) is 2.40. The second kappa shape index (κ2) is 3.47. The first-order valence-corrected chi connectivity index (χ1v) is 5.77. The van der Waals surface area contributed by atoms with E-state index in [2.05, 4.69) is 10.2 Å². The van der Waals surface area contributed by atoms with Crippen LogP contribution in [0.3, 0.4) is 0 Å². The molecular formula is C10H6ClN3OS. The second-order valence-electron chi connectivity index (χ2n) is 3.24. The molecule has 80 valence electrons. The minimum Gasteiger partial charge on any atom is -0.269 e. The topological polar surface area (TPSA) is 50.2 Å². The monoisotopic (exact) mass is 251 g/mol. The molecule has 0 radical (unpaired) electrons. The largest absolute Gasteiger partial charge is 0.269 e. The van der Waals surface area contributed by atoms with Crippen LogP contribution in [0.2, 0.25) is 4.34 Å². The van der Waals surface area contributed by atoms with Crippen LogP contribution in [0.1, 0.15) is 0 Å². The predicted molar refractivity (Wildman–Crippen MR) is 64.1 cm³/mol. The van der Waals surface area contributed by atoms with Crippen LogP contribution in [-0.2, 0) is 0 Å². The van der Waals surface area contributed by atoms with Gasteiger partial charge in [-0.15, -0.1) is 11.3 Å². The lowest BCUT2D eigenvalue weighted by Crippen LogP contribution is -2.10. The van der Waals surface area contributed by atoms with Crippen LogP contribution in [0, 0.1) is 0 Å². The summed E-state index contributed by atoms with van der Waals surface area (Å²) in [5, 5.41) is 6.94. The maximum Gasteiger partial charge on any atom is 0.258 e. The summed E-state index contributed by atoms with van der Waals surface area (Å²) in [4.78, 5) is 12.6. The number of thiophene rings is 1. The van der Waals surface area contributed by atoms with Gasteiger partial charge in [0.15, 0.2) is 5.82 Å². The molecule has 3 aromatic heterocycles. The van der Waals surface area contributed by atoms with E-state index in [-0.39, 0.29) is 5.56 Å². The van der Waals surface area contributed by atoms with Crippen molar-refractivity contribution in [3.63, 3.8) is 0 Å². The van der Waals surface area contributed by atoms with Crippen molar-refractivity contribution in [2.45, 2.75) is 0 Å². The maximum atomic E-state index is 11.7. The van der Waals surface area contributed by atoms with Gasteiger partial charge in [0, 0.05) is 6.07 Å². The van der Waals surface area contributed by atoms with Crippen molar-refractivity contribution in [3.8, 4) is 10.7 Å². The Morgan fingerprint density at radius 3 is 2.94 bits per heavy atom. The zero-order valence-corrected chi connectivity index (χ0v) is 9.55. The molecule has 3 aromatic rings. The van der Waals surface area contributed by atoms with E-state index in [1.54, 1.807) is 18.2 Å². The highest BCUT2D eigenvalue weighted by Gasteiger charge is 2.10. The summed E-state index contributed by atoms with van der Waals surface area (Å²) in [6, 6.07) is 8.63. The molecular weight excluding hydrogens is 246 g/mol.